The van der Waals surface area contributed by atoms with Crippen LogP contribution in [0.25, 0.3) is 0 Å². The van der Waals surface area contributed by atoms with Gasteiger partial charge in [-0.15, -0.1) is 0 Å². The van der Waals surface area contributed by atoms with Gasteiger partial charge < -0.3 is 20.1 Å². The lowest BCUT2D eigenvalue weighted by Crippen LogP contribution is -2.66. The highest BCUT2D eigenvalue weighted by molar-refractivity contribution is 5.94. The maximum atomic E-state index is 12.4. The van der Waals surface area contributed by atoms with Gasteiger partial charge in [0.15, 0.2) is 0 Å². The van der Waals surface area contributed by atoms with E-state index >= 15 is 0 Å². The van der Waals surface area contributed by atoms with Crippen LogP contribution in [0.2, 0.25) is 0 Å². The van der Waals surface area contributed by atoms with Crippen molar-refractivity contribution in [1.29, 1.82) is 0 Å². The van der Waals surface area contributed by atoms with Gasteiger partial charge in [0, 0.05) is 37.0 Å². The molecular formula is C20H25N3O4. The van der Waals surface area contributed by atoms with Crippen LogP contribution < -0.4 is 10.9 Å². The fraction of sp³-hybridized carbons (Fsp3) is 0.400. The number of aromatic nitrogens is 1. The number of hydrogen-bond acceptors (Lipinski definition) is 5. The molecule has 3 rings (SSSR count). The molecule has 1 amide bonds. The number of aliphatic hydroxyl groups excluding tert-OH is 1. The molecule has 0 radical (unpaired) electrons. The average Bonchev–Trinajstić information content (AvgIpc) is 2.69. The van der Waals surface area contributed by atoms with E-state index < -0.39 is 5.54 Å². The molecule has 0 bridgehead atoms. The van der Waals surface area contributed by atoms with Crippen molar-refractivity contribution < 1.29 is 14.6 Å². The standard InChI is InChI=1S/C20H25N3O4/c1-15-11-27-14-20(13-24,23(15)10-16-5-3-2-4-6-16)12-22-19(26)17-7-8-21-18(25)9-17/h2-9,15,24H,10-14H2,1H3,(H,21,25)(H,22,26)/t15-,20+/m1/s1. The molecule has 2 atom stereocenters. The Balaban J connectivity index is 1.77. The summed E-state index contributed by atoms with van der Waals surface area (Å²) in [4.78, 5) is 28.5. The molecule has 0 spiro atoms. The van der Waals surface area contributed by atoms with Crippen molar-refractivity contribution in [3.8, 4) is 0 Å². The normalized spacial score (nSPS) is 23.1. The number of nitrogens with one attached hydrogen (secondary N) is 2. The van der Waals surface area contributed by atoms with Crippen LogP contribution in [-0.4, -0.2) is 58.8 Å². The molecule has 0 aliphatic carbocycles. The molecule has 1 aromatic carbocycles. The second-order valence-electron chi connectivity index (χ2n) is 6.98. The second-order valence-corrected chi connectivity index (χ2v) is 6.98. The summed E-state index contributed by atoms with van der Waals surface area (Å²) in [7, 11) is 0. The van der Waals surface area contributed by atoms with Gasteiger partial charge in [0.2, 0.25) is 5.56 Å². The van der Waals surface area contributed by atoms with Crippen molar-refractivity contribution in [1.82, 2.24) is 15.2 Å². The number of aliphatic hydroxyl groups is 1. The summed E-state index contributed by atoms with van der Waals surface area (Å²) < 4.78 is 5.71. The Morgan fingerprint density at radius 1 is 1.37 bits per heavy atom. The number of carbonyl (C=O) groups excluding carboxylic acids is 1. The Morgan fingerprint density at radius 3 is 2.85 bits per heavy atom. The van der Waals surface area contributed by atoms with Gasteiger partial charge in [-0.1, -0.05) is 30.3 Å². The Hall–Kier alpha value is -2.48. The summed E-state index contributed by atoms with van der Waals surface area (Å²) in [5.74, 6) is -0.355. The van der Waals surface area contributed by atoms with Crippen molar-refractivity contribution in [2.45, 2.75) is 25.0 Å². The van der Waals surface area contributed by atoms with E-state index in [-0.39, 0.29) is 36.2 Å². The zero-order valence-electron chi connectivity index (χ0n) is 15.4. The molecule has 27 heavy (non-hydrogen) atoms. The Morgan fingerprint density at radius 2 is 2.15 bits per heavy atom. The third-order valence-electron chi connectivity index (χ3n) is 4.98. The molecule has 1 fully saturated rings. The van der Waals surface area contributed by atoms with E-state index in [0.717, 1.165) is 5.56 Å². The number of aromatic amines is 1. The molecule has 2 heterocycles. The number of morpholine rings is 1. The van der Waals surface area contributed by atoms with Crippen LogP contribution in [0.15, 0.2) is 53.5 Å². The van der Waals surface area contributed by atoms with Crippen molar-refractivity contribution in [3.63, 3.8) is 0 Å². The van der Waals surface area contributed by atoms with Crippen LogP contribution in [0.1, 0.15) is 22.8 Å². The Kier molecular flexibility index (Phi) is 6.05. The van der Waals surface area contributed by atoms with Crippen LogP contribution in [0.4, 0.5) is 0 Å². The smallest absolute Gasteiger partial charge is 0.251 e. The fourth-order valence-corrected chi connectivity index (χ4v) is 3.44. The van der Waals surface area contributed by atoms with Gasteiger partial charge in [-0.25, -0.2) is 0 Å². The van der Waals surface area contributed by atoms with Crippen molar-refractivity contribution >= 4 is 5.91 Å². The van der Waals surface area contributed by atoms with E-state index in [9.17, 15) is 14.7 Å². The fourth-order valence-electron chi connectivity index (χ4n) is 3.44. The Labute approximate surface area is 158 Å². The van der Waals surface area contributed by atoms with Gasteiger partial charge in [0.25, 0.3) is 5.91 Å². The van der Waals surface area contributed by atoms with Crippen LogP contribution in [0.3, 0.4) is 0 Å². The van der Waals surface area contributed by atoms with E-state index in [2.05, 4.69) is 15.2 Å². The molecule has 3 N–H and O–H groups in total. The van der Waals surface area contributed by atoms with E-state index in [1.165, 1.54) is 12.3 Å². The second kappa shape index (κ2) is 8.47. The van der Waals surface area contributed by atoms with Crippen molar-refractivity contribution in [3.05, 3.63) is 70.1 Å². The molecule has 7 nitrogen and oxygen atoms in total. The van der Waals surface area contributed by atoms with Gasteiger partial charge in [-0.2, -0.15) is 0 Å². The minimum Gasteiger partial charge on any atom is -0.394 e. The summed E-state index contributed by atoms with van der Waals surface area (Å²) in [6.45, 7) is 3.64. The number of benzene rings is 1. The topological polar surface area (TPSA) is 94.7 Å². The van der Waals surface area contributed by atoms with Crippen LogP contribution >= 0.6 is 0 Å². The number of carbonyl (C=O) groups is 1. The molecule has 1 aliphatic rings. The third-order valence-corrected chi connectivity index (χ3v) is 4.98. The average molecular weight is 371 g/mol. The molecule has 7 heteroatoms. The highest BCUT2D eigenvalue weighted by Gasteiger charge is 2.42. The zero-order chi connectivity index (χ0) is 19.3. The lowest BCUT2D eigenvalue weighted by Gasteiger charge is -2.49. The first kappa shape index (κ1) is 19.3. The lowest BCUT2D eigenvalue weighted by molar-refractivity contribution is -0.121. The van der Waals surface area contributed by atoms with Crippen molar-refractivity contribution in [2.24, 2.45) is 0 Å². The molecule has 0 unspecified atom stereocenters. The SMILES string of the molecule is C[C@@H]1COC[C@@](CO)(CNC(=O)c2cc[nH]c(=O)c2)N1Cc1ccccc1. The first-order valence-corrected chi connectivity index (χ1v) is 9.00. The number of amides is 1. The van der Waals surface area contributed by atoms with Gasteiger partial charge >= 0.3 is 0 Å². The van der Waals surface area contributed by atoms with Crippen molar-refractivity contribution in [2.75, 3.05) is 26.4 Å². The monoisotopic (exact) mass is 371 g/mol. The van der Waals surface area contributed by atoms with Gasteiger partial charge in [0.1, 0.15) is 0 Å². The number of nitrogens with zero attached hydrogens (tertiary/aromatic N) is 1. The minimum absolute atomic E-state index is 0.0857. The van der Waals surface area contributed by atoms with Crippen LogP contribution in [0.5, 0.6) is 0 Å². The van der Waals surface area contributed by atoms with Crippen LogP contribution in [-0.2, 0) is 11.3 Å². The highest BCUT2D eigenvalue weighted by Crippen LogP contribution is 2.26. The first-order chi connectivity index (χ1) is 13.0. The molecule has 1 saturated heterocycles. The van der Waals surface area contributed by atoms with Crippen LogP contribution in [0, 0.1) is 0 Å². The summed E-state index contributed by atoms with van der Waals surface area (Å²) in [6, 6.07) is 12.9. The highest BCUT2D eigenvalue weighted by atomic mass is 16.5. The number of H-pyrrole nitrogens is 1. The molecule has 1 aromatic heterocycles. The first-order valence-electron chi connectivity index (χ1n) is 9.00. The number of ether oxygens (including phenoxy) is 1. The molecule has 2 aromatic rings. The molecule has 0 saturated carbocycles. The zero-order valence-corrected chi connectivity index (χ0v) is 15.4. The number of rotatable bonds is 6. The number of pyridine rings is 1. The summed E-state index contributed by atoms with van der Waals surface area (Å²) in [5, 5.41) is 13.1. The largest absolute Gasteiger partial charge is 0.394 e. The van der Waals surface area contributed by atoms with E-state index in [0.29, 0.717) is 19.8 Å². The van der Waals surface area contributed by atoms with Gasteiger partial charge in [-0.05, 0) is 18.6 Å². The summed E-state index contributed by atoms with van der Waals surface area (Å²) in [6.07, 6.45) is 1.44. The molecule has 144 valence electrons. The lowest BCUT2D eigenvalue weighted by atomic mass is 9.93. The predicted octanol–water partition coefficient (Wildman–Crippen LogP) is 0.757. The maximum absolute atomic E-state index is 12.4. The van der Waals surface area contributed by atoms with Gasteiger partial charge in [0.05, 0.1) is 25.4 Å². The Bertz CT molecular complexity index is 823. The van der Waals surface area contributed by atoms with Gasteiger partial charge in [-0.3, -0.25) is 14.5 Å². The third kappa shape index (κ3) is 4.44. The molecule has 1 aliphatic heterocycles. The maximum Gasteiger partial charge on any atom is 0.251 e. The summed E-state index contributed by atoms with van der Waals surface area (Å²) >= 11 is 0. The minimum atomic E-state index is -0.732. The molecular weight excluding hydrogens is 346 g/mol. The summed E-state index contributed by atoms with van der Waals surface area (Å²) in [5.41, 5.74) is 0.348. The quantitative estimate of drug-likeness (QED) is 0.697. The van der Waals surface area contributed by atoms with E-state index in [4.69, 9.17) is 4.74 Å². The van der Waals surface area contributed by atoms with E-state index in [1.54, 1.807) is 6.07 Å². The number of hydrogen-bond donors (Lipinski definition) is 3. The predicted molar refractivity (Wildman–Crippen MR) is 101 cm³/mol. The van der Waals surface area contributed by atoms with E-state index in [1.807, 2.05) is 37.3 Å².